The van der Waals surface area contributed by atoms with E-state index in [1.54, 1.807) is 49.4 Å². The molecule has 0 saturated carbocycles. The van der Waals surface area contributed by atoms with Crippen molar-refractivity contribution in [2.24, 2.45) is 0 Å². The molecule has 118 valence electrons. The van der Waals surface area contributed by atoms with E-state index in [0.29, 0.717) is 10.9 Å². The zero-order valence-corrected chi connectivity index (χ0v) is 13.3. The SMILES string of the molecule is CCOC(=O)c1cc2ccccc2n1S(=O)(=O)c1ccccc1. The zero-order valence-electron chi connectivity index (χ0n) is 12.5. The maximum absolute atomic E-state index is 13.0. The summed E-state index contributed by atoms with van der Waals surface area (Å²) in [6, 6.07) is 16.5. The van der Waals surface area contributed by atoms with Gasteiger partial charge in [-0.25, -0.2) is 17.2 Å². The molecule has 1 heterocycles. The number of carbonyl (C=O) groups excluding carboxylic acids is 1. The average molecular weight is 329 g/mol. The summed E-state index contributed by atoms with van der Waals surface area (Å²) in [5, 5.41) is 0.662. The summed E-state index contributed by atoms with van der Waals surface area (Å²) in [5.41, 5.74) is 0.441. The van der Waals surface area contributed by atoms with Crippen LogP contribution in [-0.2, 0) is 14.8 Å². The molecule has 23 heavy (non-hydrogen) atoms. The first kappa shape index (κ1) is 15.3. The molecule has 5 nitrogen and oxygen atoms in total. The van der Waals surface area contributed by atoms with E-state index < -0.39 is 16.0 Å². The number of hydrogen-bond acceptors (Lipinski definition) is 4. The molecule has 0 unspecified atom stereocenters. The molecule has 0 atom stereocenters. The molecule has 0 saturated heterocycles. The van der Waals surface area contributed by atoms with E-state index in [-0.39, 0.29) is 17.2 Å². The van der Waals surface area contributed by atoms with Gasteiger partial charge in [-0.05, 0) is 31.2 Å². The number of hydrogen-bond donors (Lipinski definition) is 0. The van der Waals surface area contributed by atoms with Crippen molar-refractivity contribution in [2.45, 2.75) is 11.8 Å². The van der Waals surface area contributed by atoms with Gasteiger partial charge in [0.05, 0.1) is 17.0 Å². The molecule has 0 aliphatic heterocycles. The molecule has 0 radical (unpaired) electrons. The van der Waals surface area contributed by atoms with Crippen molar-refractivity contribution in [3.8, 4) is 0 Å². The number of carbonyl (C=O) groups is 1. The second kappa shape index (κ2) is 5.89. The Bertz CT molecular complexity index is 959. The Balaban J connectivity index is 2.31. The van der Waals surface area contributed by atoms with Gasteiger partial charge in [-0.1, -0.05) is 36.4 Å². The maximum Gasteiger partial charge on any atom is 0.356 e. The van der Waals surface area contributed by atoms with Gasteiger partial charge in [0.1, 0.15) is 5.69 Å². The fraction of sp³-hybridized carbons (Fsp3) is 0.118. The highest BCUT2D eigenvalue weighted by molar-refractivity contribution is 7.90. The molecule has 2 aromatic carbocycles. The monoisotopic (exact) mass is 329 g/mol. The molecule has 0 amide bonds. The van der Waals surface area contributed by atoms with Crippen molar-refractivity contribution < 1.29 is 17.9 Å². The van der Waals surface area contributed by atoms with Crippen LogP contribution in [0, 0.1) is 0 Å². The molecule has 0 fully saturated rings. The van der Waals surface area contributed by atoms with Crippen LogP contribution in [0.25, 0.3) is 10.9 Å². The third-order valence-electron chi connectivity index (χ3n) is 3.43. The number of ether oxygens (including phenoxy) is 1. The third-order valence-corrected chi connectivity index (χ3v) is 5.17. The minimum absolute atomic E-state index is 0.00287. The maximum atomic E-state index is 13.0. The van der Waals surface area contributed by atoms with Gasteiger partial charge in [-0.3, -0.25) is 0 Å². The first-order valence-corrected chi connectivity index (χ1v) is 8.58. The number of nitrogens with zero attached hydrogens (tertiary/aromatic N) is 1. The molecule has 3 rings (SSSR count). The molecular weight excluding hydrogens is 314 g/mol. The fourth-order valence-corrected chi connectivity index (χ4v) is 3.96. The summed E-state index contributed by atoms with van der Waals surface area (Å²) in [5.74, 6) is -0.664. The molecule has 0 aliphatic carbocycles. The highest BCUT2D eigenvalue weighted by atomic mass is 32.2. The number of benzene rings is 2. The van der Waals surface area contributed by atoms with E-state index >= 15 is 0 Å². The lowest BCUT2D eigenvalue weighted by molar-refractivity contribution is 0.0518. The average Bonchev–Trinajstić information content (AvgIpc) is 2.96. The Kier molecular flexibility index (Phi) is 3.92. The normalized spacial score (nSPS) is 11.5. The van der Waals surface area contributed by atoms with Crippen LogP contribution in [0.5, 0.6) is 0 Å². The number of esters is 1. The summed E-state index contributed by atoms with van der Waals surface area (Å²) < 4.78 is 32.0. The molecule has 6 heteroatoms. The van der Waals surface area contributed by atoms with Crippen LogP contribution in [0.3, 0.4) is 0 Å². The number of fused-ring (bicyclic) bond motifs is 1. The summed E-state index contributed by atoms with van der Waals surface area (Å²) in [6.07, 6.45) is 0. The molecule has 3 aromatic rings. The van der Waals surface area contributed by atoms with Crippen LogP contribution in [-0.4, -0.2) is 25.0 Å². The fourth-order valence-electron chi connectivity index (χ4n) is 2.43. The summed E-state index contributed by atoms with van der Waals surface area (Å²) in [7, 11) is -3.90. The van der Waals surface area contributed by atoms with Gasteiger partial charge in [0, 0.05) is 5.39 Å². The Morgan fingerprint density at radius 1 is 1.04 bits per heavy atom. The Morgan fingerprint density at radius 3 is 2.39 bits per heavy atom. The Morgan fingerprint density at radius 2 is 1.70 bits per heavy atom. The number of para-hydroxylation sites is 1. The third kappa shape index (κ3) is 2.61. The van der Waals surface area contributed by atoms with Gasteiger partial charge in [-0.2, -0.15) is 0 Å². The number of aromatic nitrogens is 1. The van der Waals surface area contributed by atoms with Crippen molar-refractivity contribution in [3.63, 3.8) is 0 Å². The quantitative estimate of drug-likeness (QED) is 0.690. The smallest absolute Gasteiger partial charge is 0.356 e. The lowest BCUT2D eigenvalue weighted by Crippen LogP contribution is -2.19. The van der Waals surface area contributed by atoms with Crippen molar-refractivity contribution in [1.82, 2.24) is 3.97 Å². The Hall–Kier alpha value is -2.60. The van der Waals surface area contributed by atoms with Crippen LogP contribution in [0.15, 0.2) is 65.6 Å². The minimum atomic E-state index is -3.90. The molecule has 0 spiro atoms. The van der Waals surface area contributed by atoms with Gasteiger partial charge in [0.25, 0.3) is 10.0 Å². The second-order valence-electron chi connectivity index (χ2n) is 4.89. The van der Waals surface area contributed by atoms with Crippen LogP contribution < -0.4 is 0 Å². The molecular formula is C17H15NO4S. The standard InChI is InChI=1S/C17H15NO4S/c1-2-22-17(19)16-12-13-8-6-7-11-15(13)18(16)23(20,21)14-9-4-3-5-10-14/h3-12H,2H2,1H3. The van der Waals surface area contributed by atoms with Crippen molar-refractivity contribution in [3.05, 3.63) is 66.4 Å². The molecule has 0 N–H and O–H groups in total. The first-order chi connectivity index (χ1) is 11.1. The van der Waals surface area contributed by atoms with Gasteiger partial charge < -0.3 is 4.74 Å². The predicted molar refractivity (Wildman–Crippen MR) is 86.9 cm³/mol. The lowest BCUT2D eigenvalue weighted by Gasteiger charge is -2.11. The summed E-state index contributed by atoms with van der Waals surface area (Å²) >= 11 is 0. The summed E-state index contributed by atoms with van der Waals surface area (Å²) in [6.45, 7) is 1.85. The molecule has 0 aliphatic rings. The zero-order chi connectivity index (χ0) is 16.4. The van der Waals surface area contributed by atoms with Crippen LogP contribution in [0.4, 0.5) is 0 Å². The van der Waals surface area contributed by atoms with Crippen molar-refractivity contribution in [1.29, 1.82) is 0 Å². The van der Waals surface area contributed by atoms with Crippen molar-refractivity contribution in [2.75, 3.05) is 6.61 Å². The van der Waals surface area contributed by atoms with E-state index in [0.717, 1.165) is 3.97 Å². The van der Waals surface area contributed by atoms with E-state index in [4.69, 9.17) is 4.74 Å². The largest absolute Gasteiger partial charge is 0.461 e. The highest BCUT2D eigenvalue weighted by Crippen LogP contribution is 2.26. The van der Waals surface area contributed by atoms with Crippen LogP contribution in [0.2, 0.25) is 0 Å². The predicted octanol–water partition coefficient (Wildman–Crippen LogP) is 3.06. The minimum Gasteiger partial charge on any atom is -0.461 e. The van der Waals surface area contributed by atoms with E-state index in [9.17, 15) is 13.2 Å². The Labute approximate surface area is 134 Å². The van der Waals surface area contributed by atoms with Gasteiger partial charge in [-0.15, -0.1) is 0 Å². The highest BCUT2D eigenvalue weighted by Gasteiger charge is 2.26. The topological polar surface area (TPSA) is 65.4 Å². The first-order valence-electron chi connectivity index (χ1n) is 7.14. The van der Waals surface area contributed by atoms with Crippen LogP contribution >= 0.6 is 0 Å². The van der Waals surface area contributed by atoms with Crippen molar-refractivity contribution >= 4 is 26.9 Å². The molecule has 0 bridgehead atoms. The van der Waals surface area contributed by atoms with E-state index in [1.165, 1.54) is 18.2 Å². The van der Waals surface area contributed by atoms with E-state index in [2.05, 4.69) is 0 Å². The molecule has 1 aromatic heterocycles. The van der Waals surface area contributed by atoms with Crippen LogP contribution in [0.1, 0.15) is 17.4 Å². The van der Waals surface area contributed by atoms with Gasteiger partial charge >= 0.3 is 5.97 Å². The second-order valence-corrected chi connectivity index (χ2v) is 6.68. The summed E-state index contributed by atoms with van der Waals surface area (Å²) in [4.78, 5) is 12.3. The van der Waals surface area contributed by atoms with Gasteiger partial charge in [0.15, 0.2) is 0 Å². The van der Waals surface area contributed by atoms with E-state index in [1.807, 2.05) is 0 Å². The lowest BCUT2D eigenvalue weighted by atomic mass is 10.2. The van der Waals surface area contributed by atoms with Gasteiger partial charge in [0.2, 0.25) is 0 Å². The number of rotatable bonds is 4.